The van der Waals surface area contributed by atoms with Crippen molar-refractivity contribution < 1.29 is 14.3 Å². The van der Waals surface area contributed by atoms with Gasteiger partial charge < -0.3 is 24.5 Å². The maximum Gasteiger partial charge on any atom is 0.216 e. The molecule has 2 aromatic rings. The van der Waals surface area contributed by atoms with Crippen molar-refractivity contribution in [2.75, 3.05) is 43.6 Å². The monoisotopic (exact) mass is 452 g/mol. The number of fused-ring (bicyclic) bond motifs is 1. The van der Waals surface area contributed by atoms with Gasteiger partial charge in [-0.2, -0.15) is 0 Å². The maximum atomic E-state index is 11.7. The zero-order valence-corrected chi connectivity index (χ0v) is 19.4. The standard InChI is InChI=1S/C24H32N6O3/c1-16-10-18(11-25-24(16)32-2)29-8-5-20-19(12-29)23(27-15-26-20)28-22-4-3-7-30(22)21-14-33-9-6-17(21)13-31/h10-11,13,15,17,21-22H,3-9,12,14H2,1-2H3,(H,26,27,28). The maximum absolute atomic E-state index is 11.7. The molecule has 3 unspecified atom stereocenters. The predicted molar refractivity (Wildman–Crippen MR) is 124 cm³/mol. The van der Waals surface area contributed by atoms with Crippen LogP contribution in [0.5, 0.6) is 5.88 Å². The summed E-state index contributed by atoms with van der Waals surface area (Å²) in [5.41, 5.74) is 4.32. The van der Waals surface area contributed by atoms with E-state index in [9.17, 15) is 4.79 Å². The Balaban J connectivity index is 1.36. The average molecular weight is 453 g/mol. The second-order valence-corrected chi connectivity index (χ2v) is 9.11. The number of aromatic nitrogens is 3. The Morgan fingerprint density at radius 1 is 1.24 bits per heavy atom. The van der Waals surface area contributed by atoms with Crippen LogP contribution in [0.3, 0.4) is 0 Å². The zero-order valence-electron chi connectivity index (χ0n) is 19.4. The first-order chi connectivity index (χ1) is 16.2. The van der Waals surface area contributed by atoms with Gasteiger partial charge in [-0.1, -0.05) is 0 Å². The molecule has 176 valence electrons. The summed E-state index contributed by atoms with van der Waals surface area (Å²) in [7, 11) is 1.64. The van der Waals surface area contributed by atoms with Crippen molar-refractivity contribution in [3.05, 3.63) is 35.4 Å². The van der Waals surface area contributed by atoms with Crippen molar-refractivity contribution in [3.63, 3.8) is 0 Å². The summed E-state index contributed by atoms with van der Waals surface area (Å²) >= 11 is 0. The third kappa shape index (κ3) is 4.39. The van der Waals surface area contributed by atoms with Crippen molar-refractivity contribution in [1.82, 2.24) is 19.9 Å². The third-order valence-electron chi connectivity index (χ3n) is 7.15. The minimum Gasteiger partial charge on any atom is -0.481 e. The molecule has 0 bridgehead atoms. The van der Waals surface area contributed by atoms with E-state index in [2.05, 4.69) is 36.1 Å². The Hall–Kier alpha value is -2.78. The van der Waals surface area contributed by atoms with Gasteiger partial charge in [-0.25, -0.2) is 15.0 Å². The van der Waals surface area contributed by atoms with Gasteiger partial charge >= 0.3 is 0 Å². The van der Waals surface area contributed by atoms with Gasteiger partial charge in [-0.05, 0) is 32.3 Å². The molecule has 2 saturated heterocycles. The summed E-state index contributed by atoms with van der Waals surface area (Å²) in [6, 6.07) is 2.24. The Labute approximate surface area is 194 Å². The quantitative estimate of drug-likeness (QED) is 0.662. The lowest BCUT2D eigenvalue weighted by Gasteiger charge is -2.39. The SMILES string of the molecule is COc1ncc(N2CCc3ncnc(NC4CCCN4C4COCCC4C=O)c3C2)cc1C. The molecule has 2 aromatic heterocycles. The topological polar surface area (TPSA) is 92.7 Å². The predicted octanol–water partition coefficient (Wildman–Crippen LogP) is 2.19. The Morgan fingerprint density at radius 3 is 2.97 bits per heavy atom. The molecule has 5 heterocycles. The summed E-state index contributed by atoms with van der Waals surface area (Å²) in [6.07, 6.45) is 8.54. The van der Waals surface area contributed by atoms with Crippen LogP contribution in [0.2, 0.25) is 0 Å². The second kappa shape index (κ2) is 9.61. The lowest BCUT2D eigenvalue weighted by atomic mass is 9.95. The number of carbonyl (C=O) groups is 1. The second-order valence-electron chi connectivity index (χ2n) is 9.11. The highest BCUT2D eigenvalue weighted by Crippen LogP contribution is 2.32. The van der Waals surface area contributed by atoms with Crippen LogP contribution < -0.4 is 15.0 Å². The van der Waals surface area contributed by atoms with Gasteiger partial charge in [0.15, 0.2) is 0 Å². The Bertz CT molecular complexity index is 1000. The van der Waals surface area contributed by atoms with Gasteiger partial charge in [0.25, 0.3) is 0 Å². The van der Waals surface area contributed by atoms with Crippen molar-refractivity contribution in [2.24, 2.45) is 5.92 Å². The van der Waals surface area contributed by atoms with E-state index in [1.54, 1.807) is 13.4 Å². The average Bonchev–Trinajstić information content (AvgIpc) is 3.32. The van der Waals surface area contributed by atoms with Crippen LogP contribution in [0.25, 0.3) is 0 Å². The summed E-state index contributed by atoms with van der Waals surface area (Å²) in [5.74, 6) is 1.57. The van der Waals surface area contributed by atoms with E-state index in [1.165, 1.54) is 0 Å². The largest absolute Gasteiger partial charge is 0.481 e. The molecular weight excluding hydrogens is 420 g/mol. The van der Waals surface area contributed by atoms with Gasteiger partial charge in [0, 0.05) is 55.7 Å². The number of anilines is 2. The number of rotatable bonds is 6. The highest BCUT2D eigenvalue weighted by Gasteiger charge is 2.37. The number of hydrogen-bond donors (Lipinski definition) is 1. The molecule has 0 aromatic carbocycles. The number of ether oxygens (including phenoxy) is 2. The number of aryl methyl sites for hydroxylation is 1. The summed E-state index contributed by atoms with van der Waals surface area (Å²) in [4.78, 5) is 30.1. The summed E-state index contributed by atoms with van der Waals surface area (Å²) < 4.78 is 11.0. The fourth-order valence-corrected chi connectivity index (χ4v) is 5.36. The molecule has 5 rings (SSSR count). The fraction of sp³-hybridized carbons (Fsp3) is 0.583. The molecule has 3 atom stereocenters. The number of carbonyl (C=O) groups excluding carboxylic acids is 1. The smallest absolute Gasteiger partial charge is 0.216 e. The van der Waals surface area contributed by atoms with E-state index in [-0.39, 0.29) is 18.1 Å². The number of hydrogen-bond acceptors (Lipinski definition) is 9. The van der Waals surface area contributed by atoms with Crippen LogP contribution in [0.1, 0.15) is 36.1 Å². The van der Waals surface area contributed by atoms with E-state index < -0.39 is 0 Å². The molecule has 1 N–H and O–H groups in total. The zero-order chi connectivity index (χ0) is 22.8. The minimum atomic E-state index is 0.0294. The molecule has 9 heteroatoms. The van der Waals surface area contributed by atoms with E-state index in [0.29, 0.717) is 19.1 Å². The van der Waals surface area contributed by atoms with Gasteiger partial charge in [-0.15, -0.1) is 0 Å². The van der Waals surface area contributed by atoms with Crippen molar-refractivity contribution >= 4 is 17.8 Å². The van der Waals surface area contributed by atoms with Crippen LogP contribution in [-0.4, -0.2) is 71.8 Å². The van der Waals surface area contributed by atoms with Crippen LogP contribution >= 0.6 is 0 Å². The van der Waals surface area contributed by atoms with Gasteiger partial charge in [0.05, 0.1) is 37.5 Å². The molecule has 0 spiro atoms. The molecular formula is C24H32N6O3. The first-order valence-electron chi connectivity index (χ1n) is 11.8. The number of nitrogens with one attached hydrogen (secondary N) is 1. The van der Waals surface area contributed by atoms with E-state index in [4.69, 9.17) is 9.47 Å². The van der Waals surface area contributed by atoms with Crippen LogP contribution in [-0.2, 0) is 22.5 Å². The number of nitrogens with zero attached hydrogens (tertiary/aromatic N) is 5. The lowest BCUT2D eigenvalue weighted by molar-refractivity contribution is -0.118. The van der Waals surface area contributed by atoms with Gasteiger partial charge in [-0.3, -0.25) is 4.90 Å². The minimum absolute atomic E-state index is 0.0294. The molecule has 33 heavy (non-hydrogen) atoms. The molecule has 0 saturated carbocycles. The highest BCUT2D eigenvalue weighted by atomic mass is 16.5. The van der Waals surface area contributed by atoms with E-state index >= 15 is 0 Å². The first kappa shape index (κ1) is 22.0. The van der Waals surface area contributed by atoms with Crippen LogP contribution in [0, 0.1) is 12.8 Å². The summed E-state index contributed by atoms with van der Waals surface area (Å²) in [5, 5.41) is 3.70. The lowest BCUT2D eigenvalue weighted by Crippen LogP contribution is -2.51. The molecule has 9 nitrogen and oxygen atoms in total. The normalized spacial score (nSPS) is 25.5. The Kier molecular flexibility index (Phi) is 6.41. The molecule has 0 aliphatic carbocycles. The molecule has 3 aliphatic heterocycles. The van der Waals surface area contributed by atoms with Crippen molar-refractivity contribution in [2.45, 2.75) is 51.4 Å². The molecule has 0 radical (unpaired) electrons. The summed E-state index contributed by atoms with van der Waals surface area (Å²) in [6.45, 7) is 5.86. The van der Waals surface area contributed by atoms with Gasteiger partial charge in [0.1, 0.15) is 18.4 Å². The Morgan fingerprint density at radius 2 is 2.15 bits per heavy atom. The van der Waals surface area contributed by atoms with Crippen LogP contribution in [0.15, 0.2) is 18.6 Å². The van der Waals surface area contributed by atoms with Crippen molar-refractivity contribution in [3.8, 4) is 5.88 Å². The number of pyridine rings is 1. The van der Waals surface area contributed by atoms with E-state index in [1.807, 2.05) is 13.1 Å². The van der Waals surface area contributed by atoms with Crippen LogP contribution in [0.4, 0.5) is 11.5 Å². The van der Waals surface area contributed by atoms with E-state index in [0.717, 1.165) is 79.9 Å². The number of likely N-dealkylation sites (tertiary alicyclic amines) is 1. The number of aldehydes is 1. The van der Waals surface area contributed by atoms with Crippen molar-refractivity contribution in [1.29, 1.82) is 0 Å². The first-order valence-corrected chi connectivity index (χ1v) is 11.8. The van der Waals surface area contributed by atoms with Gasteiger partial charge in [0.2, 0.25) is 5.88 Å². The highest BCUT2D eigenvalue weighted by molar-refractivity contribution is 5.56. The molecule has 0 amide bonds. The number of methoxy groups -OCH3 is 1. The third-order valence-corrected chi connectivity index (χ3v) is 7.15. The molecule has 2 fully saturated rings. The molecule has 3 aliphatic rings. The fourth-order valence-electron chi connectivity index (χ4n) is 5.36.